The molecule has 2 nitrogen and oxygen atoms in total. The van der Waals surface area contributed by atoms with Crippen molar-refractivity contribution in [3.8, 4) is 5.69 Å². The summed E-state index contributed by atoms with van der Waals surface area (Å²) in [6.07, 6.45) is 0. The predicted molar refractivity (Wildman–Crippen MR) is 78.1 cm³/mol. The largest absolute Gasteiger partial charge is 0.330 e. The average molecular weight is 311 g/mol. The average Bonchev–Trinajstić information content (AvgIpc) is 2.64. The molecule has 0 saturated carbocycles. The van der Waals surface area contributed by atoms with Gasteiger partial charge in [-0.05, 0) is 42.9 Å². The van der Waals surface area contributed by atoms with E-state index in [9.17, 15) is 8.78 Å². The van der Waals surface area contributed by atoms with Crippen LogP contribution in [0.15, 0.2) is 30.3 Å². The molecule has 0 aliphatic rings. The van der Waals surface area contributed by atoms with Gasteiger partial charge in [-0.2, -0.15) is 0 Å². The number of aromatic nitrogens is 2. The number of benzene rings is 2. The van der Waals surface area contributed by atoms with Crippen LogP contribution in [0.2, 0.25) is 5.02 Å². The molecule has 0 fully saturated rings. The van der Waals surface area contributed by atoms with Crippen molar-refractivity contribution in [2.24, 2.45) is 0 Å². The van der Waals surface area contributed by atoms with Crippen LogP contribution >= 0.6 is 23.8 Å². The summed E-state index contributed by atoms with van der Waals surface area (Å²) in [5.74, 6) is -1.48. The second-order valence-electron chi connectivity index (χ2n) is 4.50. The minimum Gasteiger partial charge on any atom is -0.330 e. The Morgan fingerprint density at radius 2 is 1.95 bits per heavy atom. The van der Waals surface area contributed by atoms with Crippen molar-refractivity contribution in [2.45, 2.75) is 6.92 Å². The number of halogens is 3. The number of H-pyrrole nitrogens is 1. The normalized spacial score (nSPS) is 11.2. The molecular formula is C14H9ClF2N2S. The number of aryl methyl sites for hydroxylation is 1. The summed E-state index contributed by atoms with van der Waals surface area (Å²) in [5.41, 5.74) is 2.56. The van der Waals surface area contributed by atoms with E-state index in [1.807, 2.05) is 25.1 Å². The zero-order valence-electron chi connectivity index (χ0n) is 10.4. The van der Waals surface area contributed by atoms with Gasteiger partial charge < -0.3 is 4.98 Å². The van der Waals surface area contributed by atoms with Crippen LogP contribution in [0.5, 0.6) is 0 Å². The van der Waals surface area contributed by atoms with Crippen molar-refractivity contribution in [3.05, 3.63) is 57.3 Å². The smallest absolute Gasteiger partial charge is 0.182 e. The van der Waals surface area contributed by atoms with Gasteiger partial charge in [-0.3, -0.25) is 4.57 Å². The molecule has 2 aromatic carbocycles. The summed E-state index contributed by atoms with van der Waals surface area (Å²) in [5, 5.41) is -0.0277. The number of hydrogen-bond donors (Lipinski definition) is 1. The lowest BCUT2D eigenvalue weighted by atomic mass is 10.2. The van der Waals surface area contributed by atoms with E-state index in [-0.39, 0.29) is 10.7 Å². The SMILES string of the molecule is Cc1ccc2c(c1)[nH]c(=S)n2-c1c(F)cc(F)cc1Cl. The molecule has 0 unspecified atom stereocenters. The van der Waals surface area contributed by atoms with Crippen molar-refractivity contribution in [3.63, 3.8) is 0 Å². The Morgan fingerprint density at radius 3 is 2.65 bits per heavy atom. The molecule has 0 bridgehead atoms. The molecule has 0 aliphatic carbocycles. The molecule has 0 saturated heterocycles. The molecule has 0 atom stereocenters. The number of nitrogens with zero attached hydrogens (tertiary/aromatic N) is 1. The van der Waals surface area contributed by atoms with Crippen molar-refractivity contribution in [1.29, 1.82) is 0 Å². The van der Waals surface area contributed by atoms with Gasteiger partial charge >= 0.3 is 0 Å². The van der Waals surface area contributed by atoms with Gasteiger partial charge in [0.2, 0.25) is 0 Å². The minimum atomic E-state index is -0.757. The van der Waals surface area contributed by atoms with Crippen molar-refractivity contribution in [2.75, 3.05) is 0 Å². The monoisotopic (exact) mass is 310 g/mol. The maximum absolute atomic E-state index is 14.1. The second kappa shape index (κ2) is 4.68. The number of imidazole rings is 1. The summed E-state index contributed by atoms with van der Waals surface area (Å²) in [6, 6.07) is 7.45. The van der Waals surface area contributed by atoms with E-state index < -0.39 is 11.6 Å². The molecule has 0 aliphatic heterocycles. The van der Waals surface area contributed by atoms with E-state index in [2.05, 4.69) is 4.98 Å². The van der Waals surface area contributed by atoms with E-state index in [1.165, 1.54) is 4.57 Å². The third kappa shape index (κ3) is 2.03. The van der Waals surface area contributed by atoms with Crippen LogP contribution in [-0.4, -0.2) is 9.55 Å². The molecule has 1 heterocycles. The van der Waals surface area contributed by atoms with Crippen LogP contribution in [-0.2, 0) is 0 Å². The molecule has 102 valence electrons. The molecule has 20 heavy (non-hydrogen) atoms. The van der Waals surface area contributed by atoms with Gasteiger partial charge in [0.25, 0.3) is 0 Å². The van der Waals surface area contributed by atoms with E-state index in [4.69, 9.17) is 23.8 Å². The molecule has 0 spiro atoms. The Hall–Kier alpha value is -1.72. The first-order valence-corrected chi connectivity index (χ1v) is 6.62. The Bertz CT molecular complexity index is 859. The second-order valence-corrected chi connectivity index (χ2v) is 5.30. The summed E-state index contributed by atoms with van der Waals surface area (Å²) < 4.78 is 29.0. The fourth-order valence-electron chi connectivity index (χ4n) is 2.20. The Balaban J connectivity index is 2.41. The quantitative estimate of drug-likeness (QED) is 0.632. The summed E-state index contributed by atoms with van der Waals surface area (Å²) in [4.78, 5) is 2.99. The summed E-state index contributed by atoms with van der Waals surface area (Å²) >= 11 is 11.2. The minimum absolute atomic E-state index is 0.0277. The summed E-state index contributed by atoms with van der Waals surface area (Å²) in [6.45, 7) is 1.94. The molecule has 3 aromatic rings. The van der Waals surface area contributed by atoms with Crippen LogP contribution in [0.25, 0.3) is 16.7 Å². The first-order valence-electron chi connectivity index (χ1n) is 5.83. The van der Waals surface area contributed by atoms with E-state index in [1.54, 1.807) is 0 Å². The van der Waals surface area contributed by atoms with Crippen LogP contribution in [0.3, 0.4) is 0 Å². The van der Waals surface area contributed by atoms with Gasteiger partial charge in [0.05, 0.1) is 16.1 Å². The molecule has 1 N–H and O–H groups in total. The van der Waals surface area contributed by atoms with Gasteiger partial charge in [0, 0.05) is 6.07 Å². The van der Waals surface area contributed by atoms with Crippen LogP contribution in [0.4, 0.5) is 8.78 Å². The van der Waals surface area contributed by atoms with E-state index in [0.717, 1.165) is 23.2 Å². The summed E-state index contributed by atoms with van der Waals surface area (Å²) in [7, 11) is 0. The zero-order valence-corrected chi connectivity index (χ0v) is 11.9. The Morgan fingerprint density at radius 1 is 1.20 bits per heavy atom. The number of aromatic amines is 1. The fraction of sp³-hybridized carbons (Fsp3) is 0.0714. The van der Waals surface area contributed by atoms with E-state index in [0.29, 0.717) is 10.3 Å². The van der Waals surface area contributed by atoms with Crippen molar-refractivity contribution < 1.29 is 8.78 Å². The van der Waals surface area contributed by atoms with Crippen LogP contribution in [0.1, 0.15) is 5.56 Å². The van der Waals surface area contributed by atoms with Gasteiger partial charge in [-0.15, -0.1) is 0 Å². The van der Waals surface area contributed by atoms with Gasteiger partial charge in [0.15, 0.2) is 10.6 Å². The fourth-order valence-corrected chi connectivity index (χ4v) is 2.77. The van der Waals surface area contributed by atoms with Crippen molar-refractivity contribution >= 4 is 34.9 Å². The molecule has 0 amide bonds. The van der Waals surface area contributed by atoms with Crippen molar-refractivity contribution in [1.82, 2.24) is 9.55 Å². The first kappa shape index (κ1) is 13.3. The lowest BCUT2D eigenvalue weighted by molar-refractivity contribution is 0.578. The highest BCUT2D eigenvalue weighted by Gasteiger charge is 2.16. The predicted octanol–water partition coefficient (Wildman–Crippen LogP) is 4.93. The molecule has 6 heteroatoms. The van der Waals surface area contributed by atoms with Gasteiger partial charge in [0.1, 0.15) is 11.5 Å². The topological polar surface area (TPSA) is 20.7 Å². The molecule has 0 radical (unpaired) electrons. The molecule has 1 aromatic heterocycles. The third-order valence-electron chi connectivity index (χ3n) is 3.04. The molecule has 3 rings (SSSR count). The third-order valence-corrected chi connectivity index (χ3v) is 3.62. The number of hydrogen-bond acceptors (Lipinski definition) is 1. The van der Waals surface area contributed by atoms with Gasteiger partial charge in [-0.25, -0.2) is 8.78 Å². The Labute approximate surface area is 123 Å². The molecular weight excluding hydrogens is 302 g/mol. The van der Waals surface area contributed by atoms with Crippen LogP contribution in [0, 0.1) is 23.3 Å². The Kier molecular flexibility index (Phi) is 3.11. The standard InChI is InChI=1S/C14H9ClF2N2S/c1-7-2-3-12-11(4-7)18-14(20)19(12)13-9(15)5-8(16)6-10(13)17/h2-6H,1H3,(H,18,20). The highest BCUT2D eigenvalue weighted by Crippen LogP contribution is 2.29. The van der Waals surface area contributed by atoms with Gasteiger partial charge in [-0.1, -0.05) is 17.7 Å². The first-order chi connectivity index (χ1) is 9.47. The highest BCUT2D eigenvalue weighted by atomic mass is 35.5. The lowest BCUT2D eigenvalue weighted by Gasteiger charge is -2.08. The van der Waals surface area contributed by atoms with E-state index >= 15 is 0 Å². The zero-order chi connectivity index (χ0) is 14.4. The number of nitrogens with one attached hydrogen (secondary N) is 1. The maximum Gasteiger partial charge on any atom is 0.182 e. The number of fused-ring (bicyclic) bond motifs is 1. The van der Waals surface area contributed by atoms with Crippen LogP contribution < -0.4 is 0 Å². The highest BCUT2D eigenvalue weighted by molar-refractivity contribution is 7.71. The lowest BCUT2D eigenvalue weighted by Crippen LogP contribution is -2.00. The maximum atomic E-state index is 14.1. The number of rotatable bonds is 1.